The van der Waals surface area contributed by atoms with E-state index in [9.17, 15) is 0 Å². The maximum absolute atomic E-state index is 5.88. The smallest absolute Gasteiger partial charge is 0.138 e. The van der Waals surface area contributed by atoms with E-state index in [-0.39, 0.29) is 5.41 Å². The van der Waals surface area contributed by atoms with Gasteiger partial charge in [0.1, 0.15) is 17.5 Å². The first-order chi connectivity index (χ1) is 8.91. The van der Waals surface area contributed by atoms with Crippen molar-refractivity contribution in [1.82, 2.24) is 9.97 Å². The first-order valence-electron chi connectivity index (χ1n) is 6.99. The van der Waals surface area contributed by atoms with Crippen LogP contribution >= 0.6 is 0 Å². The van der Waals surface area contributed by atoms with Gasteiger partial charge in [0, 0.05) is 11.5 Å². The molecule has 3 heterocycles. The summed E-state index contributed by atoms with van der Waals surface area (Å²) >= 11 is 0. The average Bonchev–Trinajstić information content (AvgIpc) is 2.88. The molecule has 5 heteroatoms. The molecular weight excluding hydrogens is 240 g/mol. The quantitative estimate of drug-likeness (QED) is 0.853. The van der Waals surface area contributed by atoms with Gasteiger partial charge >= 0.3 is 0 Å². The lowest BCUT2D eigenvalue weighted by atomic mass is 9.95. The molecule has 2 aliphatic rings. The molecule has 104 valence electrons. The highest BCUT2D eigenvalue weighted by atomic mass is 16.5. The van der Waals surface area contributed by atoms with Gasteiger partial charge in [-0.15, -0.1) is 0 Å². The van der Waals surface area contributed by atoms with Gasteiger partial charge in [-0.05, 0) is 19.3 Å². The van der Waals surface area contributed by atoms with E-state index in [0.717, 1.165) is 24.5 Å². The molecule has 0 radical (unpaired) electrons. The Hall–Kier alpha value is -1.36. The number of hydrogen-bond donors (Lipinski definition) is 2. The summed E-state index contributed by atoms with van der Waals surface area (Å²) in [5.41, 5.74) is 5.78. The van der Waals surface area contributed by atoms with Crippen molar-refractivity contribution in [3.8, 4) is 0 Å². The van der Waals surface area contributed by atoms with E-state index in [0.29, 0.717) is 24.1 Å². The van der Waals surface area contributed by atoms with Crippen molar-refractivity contribution in [2.45, 2.75) is 63.7 Å². The number of hydrogen-bond acceptors (Lipinski definition) is 5. The van der Waals surface area contributed by atoms with Gasteiger partial charge < -0.3 is 15.8 Å². The fraction of sp³-hybridized carbons (Fsp3) is 0.714. The van der Waals surface area contributed by atoms with Crippen LogP contribution in [-0.4, -0.2) is 28.2 Å². The van der Waals surface area contributed by atoms with Gasteiger partial charge in [-0.25, -0.2) is 9.97 Å². The zero-order chi connectivity index (χ0) is 13.6. The predicted molar refractivity (Wildman–Crippen MR) is 75.1 cm³/mol. The third-order valence-electron chi connectivity index (χ3n) is 3.86. The second kappa shape index (κ2) is 4.34. The zero-order valence-electron chi connectivity index (χ0n) is 11.8. The standard InChI is InChI=1S/C14H22N4O/c1-14(2,3)13-17-11(15)7-12(18-13)16-9-6-8-4-5-10(9)19-8/h7-10H,4-6H2,1-3H3,(H3,15,16,17,18). The summed E-state index contributed by atoms with van der Waals surface area (Å²) < 4.78 is 5.85. The van der Waals surface area contributed by atoms with Crippen molar-refractivity contribution in [2.24, 2.45) is 0 Å². The molecule has 5 nitrogen and oxygen atoms in total. The van der Waals surface area contributed by atoms with Crippen molar-refractivity contribution < 1.29 is 4.74 Å². The van der Waals surface area contributed by atoms with Gasteiger partial charge in [0.25, 0.3) is 0 Å². The highest BCUT2D eigenvalue weighted by Gasteiger charge is 2.40. The molecule has 0 spiro atoms. The number of ether oxygens (including phenoxy) is 1. The van der Waals surface area contributed by atoms with Crippen molar-refractivity contribution in [3.05, 3.63) is 11.9 Å². The van der Waals surface area contributed by atoms with Gasteiger partial charge in [-0.1, -0.05) is 20.8 Å². The van der Waals surface area contributed by atoms with E-state index in [1.165, 1.54) is 6.42 Å². The van der Waals surface area contributed by atoms with Gasteiger partial charge in [-0.2, -0.15) is 0 Å². The van der Waals surface area contributed by atoms with E-state index in [1.807, 2.05) is 0 Å². The first-order valence-corrected chi connectivity index (χ1v) is 6.99. The number of nitrogen functional groups attached to an aromatic ring is 1. The SMILES string of the molecule is CC(C)(C)c1nc(N)cc(NC2CC3CCC2O3)n1. The Kier molecular flexibility index (Phi) is 2.89. The van der Waals surface area contributed by atoms with Crippen LogP contribution in [0.3, 0.4) is 0 Å². The van der Waals surface area contributed by atoms with Crippen LogP contribution in [0.5, 0.6) is 0 Å². The van der Waals surface area contributed by atoms with Crippen LogP contribution in [0.15, 0.2) is 6.07 Å². The minimum atomic E-state index is -0.100. The summed E-state index contributed by atoms with van der Waals surface area (Å²) in [6.45, 7) is 6.27. The Morgan fingerprint density at radius 2 is 2.11 bits per heavy atom. The van der Waals surface area contributed by atoms with Gasteiger partial charge in [0.05, 0.1) is 18.2 Å². The normalized spacial score (nSPS) is 29.7. The van der Waals surface area contributed by atoms with Crippen LogP contribution in [0.1, 0.15) is 45.9 Å². The topological polar surface area (TPSA) is 73.1 Å². The van der Waals surface area contributed by atoms with Gasteiger partial charge in [-0.3, -0.25) is 0 Å². The number of nitrogens with zero attached hydrogens (tertiary/aromatic N) is 2. The molecule has 2 bridgehead atoms. The van der Waals surface area contributed by atoms with Gasteiger partial charge in [0.2, 0.25) is 0 Å². The summed E-state index contributed by atoms with van der Waals surface area (Å²) in [6.07, 6.45) is 4.18. The largest absolute Gasteiger partial charge is 0.384 e. The number of anilines is 2. The van der Waals surface area contributed by atoms with Crippen molar-refractivity contribution in [1.29, 1.82) is 0 Å². The van der Waals surface area contributed by atoms with E-state index in [1.54, 1.807) is 6.07 Å². The lowest BCUT2D eigenvalue weighted by Gasteiger charge is -2.23. The predicted octanol–water partition coefficient (Wildman–Crippen LogP) is 2.09. The number of nitrogens with one attached hydrogen (secondary N) is 1. The molecule has 3 rings (SSSR count). The molecule has 19 heavy (non-hydrogen) atoms. The molecule has 2 fully saturated rings. The van der Waals surface area contributed by atoms with E-state index in [2.05, 4.69) is 36.1 Å². The molecule has 3 unspecified atom stereocenters. The van der Waals surface area contributed by atoms with E-state index < -0.39 is 0 Å². The molecule has 0 aromatic carbocycles. The zero-order valence-corrected chi connectivity index (χ0v) is 11.8. The Morgan fingerprint density at radius 3 is 2.68 bits per heavy atom. The lowest BCUT2D eigenvalue weighted by molar-refractivity contribution is 0.102. The lowest BCUT2D eigenvalue weighted by Crippen LogP contribution is -2.31. The fourth-order valence-corrected chi connectivity index (χ4v) is 2.86. The summed E-state index contributed by atoms with van der Waals surface area (Å²) in [4.78, 5) is 8.92. The minimum Gasteiger partial charge on any atom is -0.384 e. The van der Waals surface area contributed by atoms with Crippen molar-refractivity contribution in [2.75, 3.05) is 11.1 Å². The second-order valence-corrected chi connectivity index (χ2v) is 6.61. The maximum atomic E-state index is 5.88. The minimum absolute atomic E-state index is 0.100. The van der Waals surface area contributed by atoms with Crippen LogP contribution in [0.2, 0.25) is 0 Å². The molecular formula is C14H22N4O. The molecule has 3 N–H and O–H groups in total. The highest BCUT2D eigenvalue weighted by molar-refractivity contribution is 5.46. The number of aromatic nitrogens is 2. The number of nitrogens with two attached hydrogens (primary N) is 1. The summed E-state index contributed by atoms with van der Waals surface area (Å²) in [6, 6.07) is 2.17. The summed E-state index contributed by atoms with van der Waals surface area (Å²) in [7, 11) is 0. The molecule has 1 aromatic rings. The van der Waals surface area contributed by atoms with Crippen LogP contribution < -0.4 is 11.1 Å². The molecule has 1 aromatic heterocycles. The Bertz CT molecular complexity index is 483. The average molecular weight is 262 g/mol. The van der Waals surface area contributed by atoms with Crippen molar-refractivity contribution >= 4 is 11.6 Å². The van der Waals surface area contributed by atoms with Crippen LogP contribution in [0.25, 0.3) is 0 Å². The number of fused-ring (bicyclic) bond motifs is 2. The summed E-state index contributed by atoms with van der Waals surface area (Å²) in [5.74, 6) is 2.11. The molecule has 3 atom stereocenters. The van der Waals surface area contributed by atoms with Crippen LogP contribution in [0.4, 0.5) is 11.6 Å². The second-order valence-electron chi connectivity index (χ2n) is 6.61. The molecule has 0 saturated carbocycles. The summed E-state index contributed by atoms with van der Waals surface area (Å²) in [5, 5.41) is 3.47. The maximum Gasteiger partial charge on any atom is 0.138 e. The third kappa shape index (κ3) is 2.52. The van der Waals surface area contributed by atoms with E-state index in [4.69, 9.17) is 10.5 Å². The van der Waals surface area contributed by atoms with Gasteiger partial charge in [0.15, 0.2) is 0 Å². The third-order valence-corrected chi connectivity index (χ3v) is 3.86. The molecule has 2 saturated heterocycles. The molecule has 2 aliphatic heterocycles. The monoisotopic (exact) mass is 262 g/mol. The van der Waals surface area contributed by atoms with E-state index >= 15 is 0 Å². The van der Waals surface area contributed by atoms with Crippen molar-refractivity contribution in [3.63, 3.8) is 0 Å². The number of rotatable bonds is 2. The Balaban J connectivity index is 1.79. The first kappa shape index (κ1) is 12.7. The Morgan fingerprint density at radius 1 is 1.32 bits per heavy atom. The molecule has 0 aliphatic carbocycles. The van der Waals surface area contributed by atoms with Crippen LogP contribution in [-0.2, 0) is 10.2 Å². The van der Waals surface area contributed by atoms with Crippen LogP contribution in [0, 0.1) is 0 Å². The Labute approximate surface area is 114 Å². The fourth-order valence-electron chi connectivity index (χ4n) is 2.86. The highest BCUT2D eigenvalue weighted by Crippen LogP contribution is 2.36. The molecule has 0 amide bonds.